The summed E-state index contributed by atoms with van der Waals surface area (Å²) in [6.07, 6.45) is 0.879. The molecule has 11 heteroatoms. The zero-order chi connectivity index (χ0) is 27.2. The lowest BCUT2D eigenvalue weighted by Gasteiger charge is -2.40. The molecule has 3 aliphatic rings. The molecule has 3 heterocycles. The number of esters is 2. The van der Waals surface area contributed by atoms with Crippen LogP contribution in [-0.2, 0) is 24.5 Å². The number of amides is 1. The Morgan fingerprint density at radius 3 is 2.57 bits per heavy atom. The molecule has 4 rings (SSSR count). The predicted octanol–water partition coefficient (Wildman–Crippen LogP) is 1.63. The van der Waals surface area contributed by atoms with Crippen molar-refractivity contribution in [2.75, 3.05) is 32.6 Å². The number of hydrogen-bond donors (Lipinski definition) is 3. The van der Waals surface area contributed by atoms with Crippen LogP contribution in [0.15, 0.2) is 18.2 Å². The summed E-state index contributed by atoms with van der Waals surface area (Å²) in [5.41, 5.74) is -2.17. The van der Waals surface area contributed by atoms with Gasteiger partial charge in [-0.1, -0.05) is 32.6 Å². The molecule has 204 valence electrons. The first-order valence-electron chi connectivity index (χ1n) is 12.8. The molecule has 0 aliphatic carbocycles. The van der Waals surface area contributed by atoms with Crippen molar-refractivity contribution in [2.24, 2.45) is 0 Å². The molecule has 1 spiro atoms. The van der Waals surface area contributed by atoms with Gasteiger partial charge in [0.05, 0.1) is 12.7 Å². The van der Waals surface area contributed by atoms with Crippen LogP contribution in [0.3, 0.4) is 0 Å². The van der Waals surface area contributed by atoms with Crippen molar-refractivity contribution in [3.05, 3.63) is 23.8 Å². The van der Waals surface area contributed by atoms with Crippen molar-refractivity contribution >= 4 is 23.7 Å². The van der Waals surface area contributed by atoms with Crippen LogP contribution in [0.2, 0.25) is 0 Å². The average Bonchev–Trinajstić information content (AvgIpc) is 3.19. The lowest BCUT2D eigenvalue weighted by Crippen LogP contribution is -2.57. The number of unbranched alkanes of at least 4 members (excludes halogenated alkanes) is 4. The van der Waals surface area contributed by atoms with E-state index < -0.39 is 47.1 Å². The molecule has 3 aliphatic heterocycles. The van der Waals surface area contributed by atoms with Gasteiger partial charge in [0, 0.05) is 19.8 Å². The van der Waals surface area contributed by atoms with Gasteiger partial charge in [-0.15, -0.1) is 0 Å². The fraction of sp³-hybridized carbons (Fsp3) is 0.654. The summed E-state index contributed by atoms with van der Waals surface area (Å²) in [6, 6.07) is 5.08. The van der Waals surface area contributed by atoms with Crippen molar-refractivity contribution in [2.45, 2.75) is 81.4 Å². The van der Waals surface area contributed by atoms with Gasteiger partial charge in [0.15, 0.2) is 11.7 Å². The highest BCUT2D eigenvalue weighted by atomic mass is 16.8. The molecular weight excluding hydrogens is 482 g/mol. The van der Waals surface area contributed by atoms with E-state index in [1.807, 2.05) is 23.9 Å². The van der Waals surface area contributed by atoms with Crippen molar-refractivity contribution in [1.29, 1.82) is 0 Å². The van der Waals surface area contributed by atoms with Gasteiger partial charge >= 0.3 is 18.0 Å². The number of nitrogens with one attached hydrogen (secondary N) is 1. The van der Waals surface area contributed by atoms with E-state index in [4.69, 9.17) is 14.2 Å². The number of anilines is 1. The first-order chi connectivity index (χ1) is 17.4. The normalized spacial score (nSPS) is 33.0. The van der Waals surface area contributed by atoms with Gasteiger partial charge in [-0.25, -0.2) is 14.4 Å². The summed E-state index contributed by atoms with van der Waals surface area (Å²) in [4.78, 5) is 42.4. The van der Waals surface area contributed by atoms with Crippen LogP contribution < -0.4 is 15.0 Å². The number of likely N-dealkylation sites (tertiary alicyclic amines) is 1. The predicted molar refractivity (Wildman–Crippen MR) is 133 cm³/mol. The van der Waals surface area contributed by atoms with E-state index in [2.05, 4.69) is 12.2 Å². The number of aliphatic hydroxyl groups is 2. The van der Waals surface area contributed by atoms with Crippen LogP contribution in [0, 0.1) is 0 Å². The maximum absolute atomic E-state index is 13.5. The Labute approximate surface area is 216 Å². The zero-order valence-corrected chi connectivity index (χ0v) is 22.1. The number of rotatable bonds is 7. The molecule has 5 atom stereocenters. The quantitative estimate of drug-likeness (QED) is 0.360. The first kappa shape index (κ1) is 27.2. The largest absolute Gasteiger partial charge is 0.418 e. The number of likely N-dealkylation sites (N-methyl/N-ethyl adjacent to an activating group) is 2. The van der Waals surface area contributed by atoms with Crippen LogP contribution >= 0.6 is 0 Å². The molecular formula is C26H37N3O8. The van der Waals surface area contributed by atoms with Gasteiger partial charge in [-0.3, -0.25) is 4.90 Å². The Balaban J connectivity index is 1.73. The highest BCUT2D eigenvalue weighted by Gasteiger charge is 2.73. The zero-order valence-electron chi connectivity index (χ0n) is 22.1. The monoisotopic (exact) mass is 519 g/mol. The summed E-state index contributed by atoms with van der Waals surface area (Å²) in [5, 5.41) is 24.4. The Morgan fingerprint density at radius 2 is 1.89 bits per heavy atom. The van der Waals surface area contributed by atoms with Crippen molar-refractivity contribution < 1.29 is 38.8 Å². The topological polar surface area (TPSA) is 138 Å². The van der Waals surface area contributed by atoms with Crippen LogP contribution in [0.1, 0.15) is 57.9 Å². The minimum atomic E-state index is -2.42. The lowest BCUT2D eigenvalue weighted by molar-refractivity contribution is -0.239. The van der Waals surface area contributed by atoms with Gasteiger partial charge in [-0.05, 0) is 50.6 Å². The number of nitrogens with zero attached hydrogens (tertiary/aromatic N) is 2. The highest BCUT2D eigenvalue weighted by Crippen LogP contribution is 2.58. The molecule has 1 aromatic rings. The van der Waals surface area contributed by atoms with Gasteiger partial charge in [-0.2, -0.15) is 0 Å². The number of aliphatic hydroxyl groups excluding tert-OH is 1. The summed E-state index contributed by atoms with van der Waals surface area (Å²) >= 11 is 0. The second-order valence-electron chi connectivity index (χ2n) is 10.5. The molecule has 0 bridgehead atoms. The van der Waals surface area contributed by atoms with E-state index in [1.54, 1.807) is 25.1 Å². The van der Waals surface area contributed by atoms with Crippen LogP contribution in [0.25, 0.3) is 0 Å². The smallest absolute Gasteiger partial charge is 0.412 e. The van der Waals surface area contributed by atoms with E-state index in [-0.39, 0.29) is 18.7 Å². The van der Waals surface area contributed by atoms with E-state index in [1.165, 1.54) is 7.05 Å². The molecule has 0 saturated carbocycles. The van der Waals surface area contributed by atoms with Crippen LogP contribution in [-0.4, -0.2) is 84.5 Å². The van der Waals surface area contributed by atoms with Crippen LogP contribution in [0.5, 0.6) is 5.75 Å². The summed E-state index contributed by atoms with van der Waals surface area (Å²) in [7, 11) is 5.12. The molecule has 0 radical (unpaired) electrons. The van der Waals surface area contributed by atoms with E-state index >= 15 is 0 Å². The number of fused-ring (bicyclic) bond motifs is 4. The SMILES string of the molecule is CCCCCCCC1(O)C(=O)OC2(CN(C)C3N(C)c4ccc(OC(=O)NC)cc4C32C)OC(=O)C1O. The minimum absolute atomic E-state index is 0.00918. The second-order valence-corrected chi connectivity index (χ2v) is 10.5. The Kier molecular flexibility index (Phi) is 7.17. The first-order valence-corrected chi connectivity index (χ1v) is 12.8. The maximum Gasteiger partial charge on any atom is 0.412 e. The van der Waals surface area contributed by atoms with E-state index in [9.17, 15) is 24.6 Å². The third-order valence-electron chi connectivity index (χ3n) is 8.09. The Morgan fingerprint density at radius 1 is 1.19 bits per heavy atom. The van der Waals surface area contributed by atoms with E-state index in [0.717, 1.165) is 31.4 Å². The maximum atomic E-state index is 13.5. The Hall–Kier alpha value is -2.89. The molecule has 0 aromatic heterocycles. The van der Waals surface area contributed by atoms with Gasteiger partial charge in [0.1, 0.15) is 11.2 Å². The van der Waals surface area contributed by atoms with Crippen molar-refractivity contribution in [3.8, 4) is 5.75 Å². The fourth-order valence-corrected chi connectivity index (χ4v) is 6.13. The summed E-state index contributed by atoms with van der Waals surface area (Å²) < 4.78 is 17.1. The number of benzene rings is 1. The molecule has 2 saturated heterocycles. The minimum Gasteiger partial charge on any atom is -0.418 e. The molecule has 11 nitrogen and oxygen atoms in total. The summed E-state index contributed by atoms with van der Waals surface area (Å²) in [5.74, 6) is -3.80. The Bertz CT molecular complexity index is 1080. The van der Waals surface area contributed by atoms with Gasteiger partial charge < -0.3 is 34.6 Å². The number of ether oxygens (including phenoxy) is 3. The third-order valence-corrected chi connectivity index (χ3v) is 8.09. The molecule has 3 N–H and O–H groups in total. The number of carbonyl (C=O) groups excluding carboxylic acids is 3. The second kappa shape index (κ2) is 9.77. The van der Waals surface area contributed by atoms with Gasteiger partial charge in [0.2, 0.25) is 0 Å². The molecule has 37 heavy (non-hydrogen) atoms. The van der Waals surface area contributed by atoms with Gasteiger partial charge in [0.25, 0.3) is 5.79 Å². The standard InChI is InChI=1S/C26H37N3O8/c1-6-7-8-9-10-13-25(34)19(30)20(31)36-26(37-22(25)32)15-28(4)21-24(26,2)17-14-16(35-23(33)27-3)11-12-18(17)29(21)5/h11-12,14,19,21,30,34H,6-10,13,15H2,1-5H3,(H,27,33). The third kappa shape index (κ3) is 4.13. The number of carbonyl (C=O) groups is 3. The highest BCUT2D eigenvalue weighted by molar-refractivity contribution is 5.91. The molecule has 1 aromatic carbocycles. The van der Waals surface area contributed by atoms with Crippen LogP contribution in [0.4, 0.5) is 10.5 Å². The molecule has 5 unspecified atom stereocenters. The number of hydrogen-bond acceptors (Lipinski definition) is 10. The lowest BCUT2D eigenvalue weighted by atomic mass is 9.76. The average molecular weight is 520 g/mol. The van der Waals surface area contributed by atoms with Crippen molar-refractivity contribution in [1.82, 2.24) is 10.2 Å². The molecule has 1 amide bonds. The van der Waals surface area contributed by atoms with E-state index in [0.29, 0.717) is 12.0 Å². The molecule has 2 fully saturated rings. The summed E-state index contributed by atoms with van der Waals surface area (Å²) in [6.45, 7) is 3.89. The fourth-order valence-electron chi connectivity index (χ4n) is 6.13. The van der Waals surface area contributed by atoms with Crippen molar-refractivity contribution in [3.63, 3.8) is 0 Å².